The largest absolute Gasteiger partial charge is 0.489 e. The molecule has 0 aliphatic carbocycles. The number of rotatable bonds is 7. The number of nitrogens with zero attached hydrogens (tertiary/aromatic N) is 1. The number of amides is 1. The summed E-state index contributed by atoms with van der Waals surface area (Å²) in [5.74, 6) is -0.166. The molecule has 1 aliphatic rings. The van der Waals surface area contributed by atoms with Gasteiger partial charge in [-0.25, -0.2) is 4.79 Å². The summed E-state index contributed by atoms with van der Waals surface area (Å²) >= 11 is 5.41. The van der Waals surface area contributed by atoms with Crippen molar-refractivity contribution in [2.75, 3.05) is 43.6 Å². The minimum atomic E-state index is -0.462. The second-order valence-corrected chi connectivity index (χ2v) is 8.44. The van der Waals surface area contributed by atoms with Crippen LogP contribution in [0.2, 0.25) is 0 Å². The molecule has 0 bridgehead atoms. The van der Waals surface area contributed by atoms with Crippen molar-refractivity contribution < 1.29 is 23.8 Å². The van der Waals surface area contributed by atoms with Gasteiger partial charge >= 0.3 is 5.97 Å². The van der Waals surface area contributed by atoms with Gasteiger partial charge in [0.05, 0.1) is 37.3 Å². The van der Waals surface area contributed by atoms with Crippen molar-refractivity contribution in [2.24, 2.45) is 0 Å². The lowest BCUT2D eigenvalue weighted by Gasteiger charge is -2.31. The zero-order valence-corrected chi connectivity index (χ0v) is 20.7. The Balaban J connectivity index is 1.40. The van der Waals surface area contributed by atoms with Gasteiger partial charge in [0, 0.05) is 18.7 Å². The van der Waals surface area contributed by atoms with Crippen molar-refractivity contribution in [3.63, 3.8) is 0 Å². The number of esters is 1. The van der Waals surface area contributed by atoms with Crippen LogP contribution in [0.3, 0.4) is 0 Å². The van der Waals surface area contributed by atoms with Gasteiger partial charge < -0.3 is 24.4 Å². The van der Waals surface area contributed by atoms with E-state index in [4.69, 9.17) is 26.4 Å². The average molecular weight is 506 g/mol. The smallest absolute Gasteiger partial charge is 0.337 e. The molecule has 186 valence electrons. The number of morpholine rings is 1. The van der Waals surface area contributed by atoms with Crippen molar-refractivity contribution in [3.05, 3.63) is 89.5 Å². The zero-order valence-electron chi connectivity index (χ0n) is 19.9. The summed E-state index contributed by atoms with van der Waals surface area (Å²) in [6, 6.07) is 21.9. The van der Waals surface area contributed by atoms with E-state index in [0.717, 1.165) is 11.3 Å². The van der Waals surface area contributed by atoms with Gasteiger partial charge in [-0.2, -0.15) is 0 Å². The number of hydrogen-bond acceptors (Lipinski definition) is 7. The Labute approximate surface area is 215 Å². The first-order chi connectivity index (χ1) is 17.5. The van der Waals surface area contributed by atoms with Crippen LogP contribution in [-0.2, 0) is 16.1 Å². The number of methoxy groups -OCH3 is 1. The number of carbonyl (C=O) groups is 2. The fourth-order valence-corrected chi connectivity index (χ4v) is 3.94. The van der Waals surface area contributed by atoms with Crippen LogP contribution >= 0.6 is 12.2 Å². The first-order valence-corrected chi connectivity index (χ1v) is 11.9. The van der Waals surface area contributed by atoms with E-state index in [1.165, 1.54) is 7.11 Å². The van der Waals surface area contributed by atoms with Crippen molar-refractivity contribution in [1.82, 2.24) is 5.32 Å². The lowest BCUT2D eigenvalue weighted by molar-refractivity contribution is 0.0600. The van der Waals surface area contributed by atoms with E-state index < -0.39 is 5.97 Å². The van der Waals surface area contributed by atoms with Gasteiger partial charge in [0.1, 0.15) is 12.4 Å². The Hall–Kier alpha value is -3.95. The second-order valence-electron chi connectivity index (χ2n) is 8.03. The number of benzene rings is 3. The van der Waals surface area contributed by atoms with Crippen LogP contribution in [0.15, 0.2) is 72.8 Å². The third kappa shape index (κ3) is 6.59. The molecule has 0 radical (unpaired) electrons. The van der Waals surface area contributed by atoms with Gasteiger partial charge in [-0.05, 0) is 60.2 Å². The highest BCUT2D eigenvalue weighted by atomic mass is 32.1. The average Bonchev–Trinajstić information content (AvgIpc) is 2.92. The molecule has 9 heteroatoms. The molecule has 1 fully saturated rings. The molecule has 36 heavy (non-hydrogen) atoms. The van der Waals surface area contributed by atoms with Crippen molar-refractivity contribution in [2.45, 2.75) is 6.61 Å². The number of ether oxygens (including phenoxy) is 3. The maximum Gasteiger partial charge on any atom is 0.337 e. The summed E-state index contributed by atoms with van der Waals surface area (Å²) in [5, 5.41) is 5.87. The molecule has 0 aromatic heterocycles. The molecule has 8 nitrogen and oxygen atoms in total. The van der Waals surface area contributed by atoms with E-state index in [2.05, 4.69) is 15.5 Å². The standard InChI is InChI=1S/C27H27N3O5S/c1-33-26(32)21-9-12-24(30-13-15-34-16-14-30)23(17-21)28-27(36)29-25(31)20-7-10-22(11-8-20)35-18-19-5-3-2-4-6-19/h2-12,17H,13-16,18H2,1H3,(H2,28,29,31,36). The third-order valence-corrected chi connectivity index (χ3v) is 5.81. The highest BCUT2D eigenvalue weighted by Gasteiger charge is 2.18. The van der Waals surface area contributed by atoms with Crippen molar-refractivity contribution >= 4 is 40.6 Å². The Bertz CT molecular complexity index is 1210. The van der Waals surface area contributed by atoms with Gasteiger partial charge in [-0.15, -0.1) is 0 Å². The maximum atomic E-state index is 12.8. The van der Waals surface area contributed by atoms with E-state index in [9.17, 15) is 9.59 Å². The van der Waals surface area contributed by atoms with Crippen LogP contribution in [0.4, 0.5) is 11.4 Å². The number of thiocarbonyl (C=S) groups is 1. The molecule has 0 saturated carbocycles. The Kier molecular flexibility index (Phi) is 8.48. The van der Waals surface area contributed by atoms with Crippen molar-refractivity contribution in [1.29, 1.82) is 0 Å². The van der Waals surface area contributed by atoms with E-state index in [0.29, 0.717) is 55.5 Å². The monoisotopic (exact) mass is 505 g/mol. The summed E-state index contributed by atoms with van der Waals surface area (Å²) in [7, 11) is 1.33. The molecular weight excluding hydrogens is 478 g/mol. The van der Waals surface area contributed by atoms with E-state index in [1.807, 2.05) is 36.4 Å². The van der Waals surface area contributed by atoms with E-state index in [1.54, 1.807) is 36.4 Å². The van der Waals surface area contributed by atoms with Crippen LogP contribution in [0, 0.1) is 0 Å². The molecule has 1 aliphatic heterocycles. The zero-order chi connectivity index (χ0) is 25.3. The van der Waals surface area contributed by atoms with Gasteiger partial charge in [-0.1, -0.05) is 30.3 Å². The highest BCUT2D eigenvalue weighted by molar-refractivity contribution is 7.80. The number of nitrogens with one attached hydrogen (secondary N) is 2. The SMILES string of the molecule is COC(=O)c1ccc(N2CCOCC2)c(NC(=S)NC(=O)c2ccc(OCc3ccccc3)cc2)c1. The van der Waals surface area contributed by atoms with Gasteiger partial charge in [0.25, 0.3) is 5.91 Å². The molecule has 1 saturated heterocycles. The first-order valence-electron chi connectivity index (χ1n) is 11.5. The van der Waals surface area contributed by atoms with Crippen molar-refractivity contribution in [3.8, 4) is 5.75 Å². The summed E-state index contributed by atoms with van der Waals surface area (Å²) in [4.78, 5) is 27.0. The molecule has 4 rings (SSSR count). The predicted molar refractivity (Wildman–Crippen MR) is 142 cm³/mol. The number of carbonyl (C=O) groups excluding carboxylic acids is 2. The summed E-state index contributed by atoms with van der Waals surface area (Å²) in [5.41, 5.74) is 3.31. The fourth-order valence-electron chi connectivity index (χ4n) is 3.73. The minimum Gasteiger partial charge on any atom is -0.489 e. The quantitative estimate of drug-likeness (QED) is 0.368. The Morgan fingerprint density at radius 3 is 2.36 bits per heavy atom. The maximum absolute atomic E-state index is 12.8. The highest BCUT2D eigenvalue weighted by Crippen LogP contribution is 2.28. The fraction of sp³-hybridized carbons (Fsp3) is 0.222. The summed E-state index contributed by atoms with van der Waals surface area (Å²) < 4.78 is 16.1. The van der Waals surface area contributed by atoms with Gasteiger partial charge in [-0.3, -0.25) is 10.1 Å². The molecule has 0 spiro atoms. The number of anilines is 2. The Morgan fingerprint density at radius 1 is 0.972 bits per heavy atom. The van der Waals surface area contributed by atoms with Gasteiger partial charge in [0.15, 0.2) is 5.11 Å². The molecular formula is C27H27N3O5S. The van der Waals surface area contributed by atoms with Crippen LogP contribution in [-0.4, -0.2) is 50.4 Å². The molecule has 1 heterocycles. The van der Waals surface area contributed by atoms with Crippen LogP contribution < -0.4 is 20.3 Å². The second kappa shape index (κ2) is 12.1. The predicted octanol–water partition coefficient (Wildman–Crippen LogP) is 4.02. The number of hydrogen-bond donors (Lipinski definition) is 2. The molecule has 0 unspecified atom stereocenters. The Morgan fingerprint density at radius 2 is 1.67 bits per heavy atom. The topological polar surface area (TPSA) is 89.1 Å². The normalized spacial score (nSPS) is 13.0. The van der Waals surface area contributed by atoms with Crippen LogP contribution in [0.25, 0.3) is 0 Å². The minimum absolute atomic E-state index is 0.112. The van der Waals surface area contributed by atoms with Crippen LogP contribution in [0.1, 0.15) is 26.3 Å². The molecule has 3 aromatic rings. The van der Waals surface area contributed by atoms with Crippen LogP contribution in [0.5, 0.6) is 5.75 Å². The summed E-state index contributed by atoms with van der Waals surface area (Å²) in [6.45, 7) is 3.04. The third-order valence-electron chi connectivity index (χ3n) is 5.61. The molecule has 1 amide bonds. The lowest BCUT2D eigenvalue weighted by Crippen LogP contribution is -2.38. The van der Waals surface area contributed by atoms with E-state index in [-0.39, 0.29) is 11.0 Å². The van der Waals surface area contributed by atoms with Gasteiger partial charge in [0.2, 0.25) is 0 Å². The first kappa shape index (κ1) is 25.2. The molecule has 0 atom stereocenters. The molecule has 2 N–H and O–H groups in total. The lowest BCUT2D eigenvalue weighted by atomic mass is 10.1. The molecule has 3 aromatic carbocycles. The van der Waals surface area contributed by atoms with E-state index >= 15 is 0 Å². The summed E-state index contributed by atoms with van der Waals surface area (Å²) in [6.07, 6.45) is 0.